The summed E-state index contributed by atoms with van der Waals surface area (Å²) in [6, 6.07) is 8.15. The first-order valence-corrected chi connectivity index (χ1v) is 7.95. The molecule has 0 spiro atoms. The van der Waals surface area contributed by atoms with E-state index in [9.17, 15) is 0 Å². The van der Waals surface area contributed by atoms with Crippen LogP contribution in [0.3, 0.4) is 0 Å². The standard InChI is InChI=1S/C16H24N4O/c1-2-21-13-14-7-9-19(10-8-14)11-12-20-16-6-4-3-5-15(16)17-18-20/h3-6,14H,2,7-13H2,1H3. The van der Waals surface area contributed by atoms with E-state index in [4.69, 9.17) is 4.74 Å². The number of hydrogen-bond donors (Lipinski definition) is 0. The zero-order valence-electron chi connectivity index (χ0n) is 12.7. The predicted molar refractivity (Wildman–Crippen MR) is 83.2 cm³/mol. The minimum absolute atomic E-state index is 0.744. The first kappa shape index (κ1) is 14.5. The van der Waals surface area contributed by atoms with Crippen LogP contribution in [0.25, 0.3) is 11.0 Å². The van der Waals surface area contributed by atoms with E-state index in [0.717, 1.165) is 43.3 Å². The molecule has 1 aliphatic heterocycles. The number of hydrogen-bond acceptors (Lipinski definition) is 4. The molecule has 114 valence electrons. The summed E-state index contributed by atoms with van der Waals surface area (Å²) in [6.45, 7) is 8.13. The van der Waals surface area contributed by atoms with Crippen molar-refractivity contribution in [2.45, 2.75) is 26.3 Å². The van der Waals surface area contributed by atoms with Crippen molar-refractivity contribution in [3.05, 3.63) is 24.3 Å². The molecule has 0 radical (unpaired) electrons. The molecule has 1 aromatic carbocycles. The molecule has 0 N–H and O–H groups in total. The summed E-state index contributed by atoms with van der Waals surface area (Å²) in [6.07, 6.45) is 2.50. The molecule has 0 aliphatic carbocycles. The van der Waals surface area contributed by atoms with Crippen LogP contribution in [0, 0.1) is 5.92 Å². The third-order valence-electron chi connectivity index (χ3n) is 4.31. The van der Waals surface area contributed by atoms with E-state index in [2.05, 4.69) is 28.2 Å². The highest BCUT2D eigenvalue weighted by atomic mass is 16.5. The number of para-hydroxylation sites is 1. The van der Waals surface area contributed by atoms with Crippen LogP contribution in [0.1, 0.15) is 19.8 Å². The van der Waals surface area contributed by atoms with E-state index in [0.29, 0.717) is 0 Å². The fourth-order valence-electron chi connectivity index (χ4n) is 2.98. The van der Waals surface area contributed by atoms with Gasteiger partial charge in [0.15, 0.2) is 0 Å². The number of benzene rings is 1. The van der Waals surface area contributed by atoms with Gasteiger partial charge in [0, 0.05) is 19.8 Å². The second-order valence-electron chi connectivity index (χ2n) is 5.75. The van der Waals surface area contributed by atoms with Crippen LogP contribution >= 0.6 is 0 Å². The number of piperidine rings is 1. The van der Waals surface area contributed by atoms with Crippen LogP contribution in [0.15, 0.2) is 24.3 Å². The number of rotatable bonds is 6. The lowest BCUT2D eigenvalue weighted by molar-refractivity contribution is 0.0731. The van der Waals surface area contributed by atoms with Crippen molar-refractivity contribution in [2.75, 3.05) is 32.8 Å². The van der Waals surface area contributed by atoms with Gasteiger partial charge < -0.3 is 9.64 Å². The lowest BCUT2D eigenvalue weighted by atomic mass is 9.98. The summed E-state index contributed by atoms with van der Waals surface area (Å²) in [5.41, 5.74) is 2.11. The Kier molecular flexibility index (Phi) is 4.83. The molecule has 0 saturated carbocycles. The zero-order chi connectivity index (χ0) is 14.5. The normalized spacial score (nSPS) is 17.6. The average Bonchev–Trinajstić information content (AvgIpc) is 2.95. The lowest BCUT2D eigenvalue weighted by Gasteiger charge is -2.31. The van der Waals surface area contributed by atoms with Gasteiger partial charge in [0.05, 0.1) is 12.1 Å². The number of nitrogens with zero attached hydrogens (tertiary/aromatic N) is 4. The molecule has 5 nitrogen and oxygen atoms in total. The van der Waals surface area contributed by atoms with Gasteiger partial charge >= 0.3 is 0 Å². The Balaban J connectivity index is 1.48. The summed E-state index contributed by atoms with van der Waals surface area (Å²) in [7, 11) is 0. The van der Waals surface area contributed by atoms with Gasteiger partial charge in [0.1, 0.15) is 5.52 Å². The SMILES string of the molecule is CCOCC1CCN(CCn2nnc3ccccc32)CC1. The van der Waals surface area contributed by atoms with Gasteiger partial charge in [-0.2, -0.15) is 0 Å². The Bertz CT molecular complexity index is 560. The number of fused-ring (bicyclic) bond motifs is 1. The summed E-state index contributed by atoms with van der Waals surface area (Å²) in [4.78, 5) is 2.53. The molecule has 0 atom stereocenters. The highest BCUT2D eigenvalue weighted by Gasteiger charge is 2.19. The minimum Gasteiger partial charge on any atom is -0.381 e. The first-order chi connectivity index (χ1) is 10.4. The van der Waals surface area contributed by atoms with Gasteiger partial charge in [-0.3, -0.25) is 0 Å². The maximum atomic E-state index is 5.53. The average molecular weight is 288 g/mol. The molecule has 2 heterocycles. The van der Waals surface area contributed by atoms with E-state index >= 15 is 0 Å². The molecule has 1 aromatic heterocycles. The molecule has 3 rings (SSSR count). The molecule has 5 heteroatoms. The topological polar surface area (TPSA) is 43.2 Å². The van der Waals surface area contributed by atoms with Crippen LogP contribution in [-0.4, -0.2) is 52.7 Å². The van der Waals surface area contributed by atoms with Gasteiger partial charge in [0.2, 0.25) is 0 Å². The van der Waals surface area contributed by atoms with E-state index in [1.165, 1.54) is 25.9 Å². The second-order valence-corrected chi connectivity index (χ2v) is 5.75. The van der Waals surface area contributed by atoms with E-state index in [-0.39, 0.29) is 0 Å². The quantitative estimate of drug-likeness (QED) is 0.817. The summed E-state index contributed by atoms with van der Waals surface area (Å²) < 4.78 is 7.55. The van der Waals surface area contributed by atoms with Crippen molar-refractivity contribution in [3.63, 3.8) is 0 Å². The molecule has 1 saturated heterocycles. The molecule has 0 amide bonds. The van der Waals surface area contributed by atoms with E-state index < -0.39 is 0 Å². The Labute approximate surface area is 125 Å². The lowest BCUT2D eigenvalue weighted by Crippen LogP contribution is -2.37. The van der Waals surface area contributed by atoms with Crippen LogP contribution < -0.4 is 0 Å². The van der Waals surface area contributed by atoms with Crippen LogP contribution in [-0.2, 0) is 11.3 Å². The third-order valence-corrected chi connectivity index (χ3v) is 4.31. The van der Waals surface area contributed by atoms with Gasteiger partial charge in [-0.1, -0.05) is 17.3 Å². The Morgan fingerprint density at radius 2 is 2.00 bits per heavy atom. The zero-order valence-corrected chi connectivity index (χ0v) is 12.7. The monoisotopic (exact) mass is 288 g/mol. The predicted octanol–water partition coefficient (Wildman–Crippen LogP) is 2.18. The molecular weight excluding hydrogens is 264 g/mol. The van der Waals surface area contributed by atoms with Crippen molar-refractivity contribution in [1.82, 2.24) is 19.9 Å². The summed E-state index contributed by atoms with van der Waals surface area (Å²) >= 11 is 0. The number of likely N-dealkylation sites (tertiary alicyclic amines) is 1. The number of ether oxygens (including phenoxy) is 1. The van der Waals surface area contributed by atoms with Gasteiger partial charge in [-0.25, -0.2) is 4.68 Å². The van der Waals surface area contributed by atoms with Gasteiger partial charge in [0.25, 0.3) is 0 Å². The van der Waals surface area contributed by atoms with Gasteiger partial charge in [-0.05, 0) is 50.9 Å². The van der Waals surface area contributed by atoms with Crippen LogP contribution in [0.5, 0.6) is 0 Å². The molecule has 1 fully saturated rings. The molecule has 2 aromatic rings. The maximum Gasteiger partial charge on any atom is 0.113 e. The Hall–Kier alpha value is -1.46. The highest BCUT2D eigenvalue weighted by Crippen LogP contribution is 2.17. The first-order valence-electron chi connectivity index (χ1n) is 7.95. The smallest absolute Gasteiger partial charge is 0.113 e. The maximum absolute atomic E-state index is 5.53. The second kappa shape index (κ2) is 7.00. The molecule has 1 aliphatic rings. The molecular formula is C16H24N4O. The molecule has 0 unspecified atom stereocenters. The molecule has 21 heavy (non-hydrogen) atoms. The minimum atomic E-state index is 0.744. The Morgan fingerprint density at radius 3 is 2.81 bits per heavy atom. The largest absolute Gasteiger partial charge is 0.381 e. The van der Waals surface area contributed by atoms with Crippen molar-refractivity contribution in [3.8, 4) is 0 Å². The Morgan fingerprint density at radius 1 is 1.19 bits per heavy atom. The summed E-state index contributed by atoms with van der Waals surface area (Å²) in [5, 5.41) is 8.46. The fourth-order valence-corrected chi connectivity index (χ4v) is 2.98. The summed E-state index contributed by atoms with van der Waals surface area (Å²) in [5.74, 6) is 0.744. The van der Waals surface area contributed by atoms with Crippen LogP contribution in [0.4, 0.5) is 0 Å². The third kappa shape index (κ3) is 3.60. The molecule has 0 bridgehead atoms. The van der Waals surface area contributed by atoms with Crippen molar-refractivity contribution < 1.29 is 4.74 Å². The van der Waals surface area contributed by atoms with Crippen molar-refractivity contribution in [1.29, 1.82) is 0 Å². The number of aromatic nitrogens is 3. The van der Waals surface area contributed by atoms with Gasteiger partial charge in [-0.15, -0.1) is 5.10 Å². The fraction of sp³-hybridized carbons (Fsp3) is 0.625. The van der Waals surface area contributed by atoms with Crippen LogP contribution in [0.2, 0.25) is 0 Å². The van der Waals surface area contributed by atoms with Crippen molar-refractivity contribution in [2.24, 2.45) is 5.92 Å². The van der Waals surface area contributed by atoms with E-state index in [1.807, 2.05) is 22.9 Å². The highest BCUT2D eigenvalue weighted by molar-refractivity contribution is 5.73. The van der Waals surface area contributed by atoms with Crippen molar-refractivity contribution >= 4 is 11.0 Å². The van der Waals surface area contributed by atoms with E-state index in [1.54, 1.807) is 0 Å².